The van der Waals surface area contributed by atoms with Crippen LogP contribution in [-0.2, 0) is 0 Å². The number of benzene rings is 1. The molecule has 4 nitrogen and oxygen atoms in total. The largest absolute Gasteiger partial charge is 0.308 e. The number of pyridine rings is 1. The van der Waals surface area contributed by atoms with Crippen molar-refractivity contribution in [1.82, 2.24) is 14.5 Å². The number of hydrogen-bond acceptors (Lipinski definition) is 3. The van der Waals surface area contributed by atoms with E-state index in [2.05, 4.69) is 9.97 Å². The molecule has 0 unspecified atom stereocenters. The first kappa shape index (κ1) is 17.3. The molecule has 128 valence electrons. The SMILES string of the molecule is CC[C@H](c1ccc(Cl)c(F)c1)n1ccc(-c2ccnc(C)n2)cc1=O. The maximum absolute atomic E-state index is 13.8. The lowest BCUT2D eigenvalue weighted by Crippen LogP contribution is -2.24. The molecule has 0 aliphatic carbocycles. The van der Waals surface area contributed by atoms with Crippen molar-refractivity contribution in [2.24, 2.45) is 0 Å². The van der Waals surface area contributed by atoms with Crippen molar-refractivity contribution in [3.05, 3.63) is 81.4 Å². The maximum Gasteiger partial charge on any atom is 0.251 e. The Kier molecular flexibility index (Phi) is 4.95. The van der Waals surface area contributed by atoms with Gasteiger partial charge in [-0.25, -0.2) is 14.4 Å². The van der Waals surface area contributed by atoms with E-state index in [4.69, 9.17) is 11.6 Å². The summed E-state index contributed by atoms with van der Waals surface area (Å²) in [7, 11) is 0. The van der Waals surface area contributed by atoms with E-state index in [-0.39, 0.29) is 16.6 Å². The fourth-order valence-electron chi connectivity index (χ4n) is 2.84. The van der Waals surface area contributed by atoms with Gasteiger partial charge in [0.25, 0.3) is 5.56 Å². The molecule has 25 heavy (non-hydrogen) atoms. The summed E-state index contributed by atoms with van der Waals surface area (Å²) in [5.41, 5.74) is 1.96. The van der Waals surface area contributed by atoms with Gasteiger partial charge in [-0.05, 0) is 43.2 Å². The molecule has 0 fully saturated rings. The van der Waals surface area contributed by atoms with Gasteiger partial charge >= 0.3 is 0 Å². The Bertz CT molecular complexity index is 971. The Labute approximate surface area is 150 Å². The second kappa shape index (κ2) is 7.15. The lowest BCUT2D eigenvalue weighted by atomic mass is 10.0. The first-order valence-corrected chi connectivity index (χ1v) is 8.34. The second-order valence-electron chi connectivity index (χ2n) is 5.75. The summed E-state index contributed by atoms with van der Waals surface area (Å²) in [6.45, 7) is 3.75. The van der Waals surface area contributed by atoms with E-state index in [1.54, 1.807) is 36.0 Å². The predicted molar refractivity (Wildman–Crippen MR) is 96.3 cm³/mol. The summed E-state index contributed by atoms with van der Waals surface area (Å²) in [6, 6.07) is 9.50. The van der Waals surface area contributed by atoms with E-state index in [0.29, 0.717) is 23.5 Å². The van der Waals surface area contributed by atoms with E-state index < -0.39 is 5.82 Å². The molecule has 3 rings (SSSR count). The molecule has 0 radical (unpaired) electrons. The van der Waals surface area contributed by atoms with Crippen LogP contribution < -0.4 is 5.56 Å². The van der Waals surface area contributed by atoms with E-state index in [0.717, 1.165) is 5.56 Å². The van der Waals surface area contributed by atoms with Crippen molar-refractivity contribution in [2.75, 3.05) is 0 Å². The van der Waals surface area contributed by atoms with Gasteiger partial charge in [-0.15, -0.1) is 0 Å². The number of rotatable bonds is 4. The molecule has 1 aromatic carbocycles. The Balaban J connectivity index is 2.01. The first-order valence-electron chi connectivity index (χ1n) is 7.96. The molecule has 3 aromatic rings. The molecule has 1 atom stereocenters. The van der Waals surface area contributed by atoms with Gasteiger partial charge in [0.1, 0.15) is 11.6 Å². The summed E-state index contributed by atoms with van der Waals surface area (Å²) in [6.07, 6.45) is 4.03. The summed E-state index contributed by atoms with van der Waals surface area (Å²) < 4.78 is 15.4. The zero-order valence-corrected chi connectivity index (χ0v) is 14.7. The Morgan fingerprint density at radius 2 is 2.04 bits per heavy atom. The molecule has 0 N–H and O–H groups in total. The molecule has 6 heteroatoms. The summed E-state index contributed by atoms with van der Waals surface area (Å²) in [4.78, 5) is 21.0. The summed E-state index contributed by atoms with van der Waals surface area (Å²) in [5, 5.41) is 0.0698. The molecular formula is C19H17ClFN3O. The highest BCUT2D eigenvalue weighted by molar-refractivity contribution is 6.30. The van der Waals surface area contributed by atoms with Crippen LogP contribution >= 0.6 is 11.6 Å². The van der Waals surface area contributed by atoms with Gasteiger partial charge in [-0.2, -0.15) is 0 Å². The smallest absolute Gasteiger partial charge is 0.251 e. The normalized spacial score (nSPS) is 12.2. The average molecular weight is 358 g/mol. The number of hydrogen-bond donors (Lipinski definition) is 0. The molecule has 2 heterocycles. The molecule has 0 saturated carbocycles. The lowest BCUT2D eigenvalue weighted by Gasteiger charge is -2.19. The van der Waals surface area contributed by atoms with E-state index in [9.17, 15) is 9.18 Å². The Hall–Kier alpha value is -2.53. The van der Waals surface area contributed by atoms with Crippen LogP contribution in [0, 0.1) is 12.7 Å². The zero-order valence-electron chi connectivity index (χ0n) is 13.9. The van der Waals surface area contributed by atoms with Gasteiger partial charge in [0, 0.05) is 24.0 Å². The standard InChI is InChI=1S/C19H17ClFN3O/c1-3-18(14-4-5-15(20)16(21)10-14)24-9-7-13(11-19(24)25)17-6-8-22-12(2)23-17/h4-11,18H,3H2,1-2H3/t18-/m1/s1. The van der Waals surface area contributed by atoms with Crippen molar-refractivity contribution in [3.8, 4) is 11.3 Å². The Morgan fingerprint density at radius 1 is 1.24 bits per heavy atom. The fourth-order valence-corrected chi connectivity index (χ4v) is 2.95. The van der Waals surface area contributed by atoms with Gasteiger partial charge in [0.2, 0.25) is 0 Å². The van der Waals surface area contributed by atoms with Gasteiger partial charge in [0.15, 0.2) is 0 Å². The third kappa shape index (κ3) is 3.61. The van der Waals surface area contributed by atoms with Crippen LogP contribution in [0.15, 0.2) is 53.6 Å². The maximum atomic E-state index is 13.8. The first-order chi connectivity index (χ1) is 12.0. The third-order valence-corrected chi connectivity index (χ3v) is 4.38. The second-order valence-corrected chi connectivity index (χ2v) is 6.15. The molecule has 2 aromatic heterocycles. The summed E-state index contributed by atoms with van der Waals surface area (Å²) in [5.74, 6) is 0.156. The number of aryl methyl sites for hydroxylation is 1. The molecular weight excluding hydrogens is 341 g/mol. The molecule has 0 spiro atoms. The van der Waals surface area contributed by atoms with E-state index in [1.165, 1.54) is 18.2 Å². The zero-order chi connectivity index (χ0) is 18.0. The topological polar surface area (TPSA) is 47.8 Å². The number of nitrogens with zero attached hydrogens (tertiary/aromatic N) is 3. The lowest BCUT2D eigenvalue weighted by molar-refractivity contribution is 0.541. The quantitative estimate of drug-likeness (QED) is 0.695. The highest BCUT2D eigenvalue weighted by atomic mass is 35.5. The minimum absolute atomic E-state index is 0.0698. The van der Waals surface area contributed by atoms with E-state index >= 15 is 0 Å². The summed E-state index contributed by atoms with van der Waals surface area (Å²) >= 11 is 5.75. The highest BCUT2D eigenvalue weighted by Crippen LogP contribution is 2.25. The van der Waals surface area contributed by atoms with Crippen molar-refractivity contribution < 1.29 is 4.39 Å². The molecule has 0 bridgehead atoms. The minimum atomic E-state index is -0.487. The molecule has 0 saturated heterocycles. The van der Waals surface area contributed by atoms with Crippen LogP contribution in [0.5, 0.6) is 0 Å². The van der Waals surface area contributed by atoms with Crippen LogP contribution in [0.3, 0.4) is 0 Å². The molecule has 0 aliphatic rings. The van der Waals surface area contributed by atoms with Gasteiger partial charge in [-0.1, -0.05) is 24.6 Å². The molecule has 0 aliphatic heterocycles. The van der Waals surface area contributed by atoms with Crippen LogP contribution in [0.1, 0.15) is 30.8 Å². The van der Waals surface area contributed by atoms with Crippen molar-refractivity contribution in [3.63, 3.8) is 0 Å². The van der Waals surface area contributed by atoms with Gasteiger partial charge in [0.05, 0.1) is 16.8 Å². The Morgan fingerprint density at radius 3 is 2.68 bits per heavy atom. The fraction of sp³-hybridized carbons (Fsp3) is 0.211. The number of aromatic nitrogens is 3. The van der Waals surface area contributed by atoms with Crippen LogP contribution in [-0.4, -0.2) is 14.5 Å². The minimum Gasteiger partial charge on any atom is -0.308 e. The predicted octanol–water partition coefficient (Wildman–Crippen LogP) is 4.41. The van der Waals surface area contributed by atoms with Crippen molar-refractivity contribution in [1.29, 1.82) is 0 Å². The van der Waals surface area contributed by atoms with Crippen LogP contribution in [0.4, 0.5) is 4.39 Å². The third-order valence-electron chi connectivity index (χ3n) is 4.07. The van der Waals surface area contributed by atoms with Crippen LogP contribution in [0.2, 0.25) is 5.02 Å². The van der Waals surface area contributed by atoms with E-state index in [1.807, 2.05) is 13.0 Å². The highest BCUT2D eigenvalue weighted by Gasteiger charge is 2.15. The monoisotopic (exact) mass is 357 g/mol. The van der Waals surface area contributed by atoms with Gasteiger partial charge < -0.3 is 4.57 Å². The van der Waals surface area contributed by atoms with Crippen molar-refractivity contribution in [2.45, 2.75) is 26.3 Å². The molecule has 0 amide bonds. The van der Waals surface area contributed by atoms with Crippen LogP contribution in [0.25, 0.3) is 11.3 Å². The van der Waals surface area contributed by atoms with Crippen molar-refractivity contribution >= 4 is 11.6 Å². The van der Waals surface area contributed by atoms with Gasteiger partial charge in [-0.3, -0.25) is 4.79 Å². The average Bonchev–Trinajstić information content (AvgIpc) is 2.60. The number of halogens is 2.